The van der Waals surface area contributed by atoms with Crippen LogP contribution in [0.5, 0.6) is 0 Å². The fourth-order valence-corrected chi connectivity index (χ4v) is 3.28. The van der Waals surface area contributed by atoms with Crippen molar-refractivity contribution in [2.75, 3.05) is 5.32 Å². The minimum absolute atomic E-state index is 0.190. The van der Waals surface area contributed by atoms with Gasteiger partial charge in [0.15, 0.2) is 5.11 Å². The van der Waals surface area contributed by atoms with Gasteiger partial charge in [0.1, 0.15) is 0 Å². The van der Waals surface area contributed by atoms with Crippen molar-refractivity contribution in [1.29, 1.82) is 0 Å². The molecule has 0 bridgehead atoms. The van der Waals surface area contributed by atoms with Crippen LogP contribution in [-0.4, -0.2) is 5.11 Å². The molecule has 25 heavy (non-hydrogen) atoms. The molecule has 0 aliphatic rings. The third-order valence-electron chi connectivity index (χ3n) is 4.55. The monoisotopic (exact) mass is 354 g/mol. The first kappa shape index (κ1) is 19.5. The second-order valence-electron chi connectivity index (χ2n) is 7.46. The van der Waals surface area contributed by atoms with Gasteiger partial charge in [-0.15, -0.1) is 0 Å². The minimum Gasteiger partial charge on any atom is -0.355 e. The maximum absolute atomic E-state index is 5.56. The molecule has 1 atom stereocenters. The molecule has 0 saturated carbocycles. The number of rotatable bonds is 5. The van der Waals surface area contributed by atoms with E-state index in [2.05, 4.69) is 94.6 Å². The molecule has 2 N–H and O–H groups in total. The number of hydrogen-bond acceptors (Lipinski definition) is 1. The van der Waals surface area contributed by atoms with Gasteiger partial charge in [-0.05, 0) is 66.7 Å². The van der Waals surface area contributed by atoms with Gasteiger partial charge in [-0.2, -0.15) is 0 Å². The van der Waals surface area contributed by atoms with Gasteiger partial charge in [0, 0.05) is 5.69 Å². The van der Waals surface area contributed by atoms with Crippen LogP contribution in [0.1, 0.15) is 61.9 Å². The number of thiocarbonyl (C=S) groups is 1. The van der Waals surface area contributed by atoms with Crippen molar-refractivity contribution in [2.24, 2.45) is 5.92 Å². The van der Waals surface area contributed by atoms with Crippen LogP contribution in [0.4, 0.5) is 5.69 Å². The molecule has 0 saturated heterocycles. The van der Waals surface area contributed by atoms with Gasteiger partial charge >= 0.3 is 0 Å². The first-order chi connectivity index (χ1) is 11.8. The van der Waals surface area contributed by atoms with E-state index in [1.165, 1.54) is 22.3 Å². The number of benzene rings is 2. The van der Waals surface area contributed by atoms with E-state index in [9.17, 15) is 0 Å². The van der Waals surface area contributed by atoms with E-state index in [0.717, 1.165) is 5.69 Å². The van der Waals surface area contributed by atoms with Gasteiger partial charge in [0.05, 0.1) is 6.04 Å². The van der Waals surface area contributed by atoms with E-state index in [-0.39, 0.29) is 6.04 Å². The van der Waals surface area contributed by atoms with Gasteiger partial charge in [0.2, 0.25) is 0 Å². The second kappa shape index (κ2) is 8.48. The Morgan fingerprint density at radius 3 is 2.08 bits per heavy atom. The standard InChI is InChI=1S/C22H30N2S/c1-14(2)18-8-10-19(11-9-18)23-22(25)24-21(15(3)4)20-12-7-16(5)13-17(20)6/h7-15,21H,1-6H3,(H2,23,24,25)/t21-/m0/s1. The van der Waals surface area contributed by atoms with Crippen molar-refractivity contribution in [3.05, 3.63) is 64.7 Å². The molecule has 0 aliphatic carbocycles. The van der Waals surface area contributed by atoms with Crippen molar-refractivity contribution in [3.63, 3.8) is 0 Å². The van der Waals surface area contributed by atoms with Crippen LogP contribution < -0.4 is 10.6 Å². The van der Waals surface area contributed by atoms with E-state index in [1.54, 1.807) is 0 Å². The van der Waals surface area contributed by atoms with E-state index in [4.69, 9.17) is 12.2 Å². The van der Waals surface area contributed by atoms with Crippen LogP contribution >= 0.6 is 12.2 Å². The zero-order valence-electron chi connectivity index (χ0n) is 16.2. The molecule has 0 aliphatic heterocycles. The minimum atomic E-state index is 0.190. The summed E-state index contributed by atoms with van der Waals surface area (Å²) in [7, 11) is 0. The highest BCUT2D eigenvalue weighted by Gasteiger charge is 2.18. The summed E-state index contributed by atoms with van der Waals surface area (Å²) in [6.45, 7) is 13.1. The van der Waals surface area contributed by atoms with Gasteiger partial charge in [0.25, 0.3) is 0 Å². The van der Waals surface area contributed by atoms with Crippen LogP contribution in [0, 0.1) is 19.8 Å². The Labute approximate surface area is 158 Å². The van der Waals surface area contributed by atoms with Gasteiger partial charge < -0.3 is 10.6 Å². The quantitative estimate of drug-likeness (QED) is 0.633. The SMILES string of the molecule is Cc1ccc([C@@H](NC(=S)Nc2ccc(C(C)C)cc2)C(C)C)c(C)c1. The summed E-state index contributed by atoms with van der Waals surface area (Å²) in [6.07, 6.45) is 0. The zero-order chi connectivity index (χ0) is 18.6. The van der Waals surface area contributed by atoms with E-state index < -0.39 is 0 Å². The topological polar surface area (TPSA) is 24.1 Å². The maximum Gasteiger partial charge on any atom is 0.171 e. The molecule has 2 aromatic carbocycles. The number of hydrogen-bond donors (Lipinski definition) is 2. The molecule has 0 spiro atoms. The molecular weight excluding hydrogens is 324 g/mol. The molecule has 2 nitrogen and oxygen atoms in total. The van der Waals surface area contributed by atoms with E-state index >= 15 is 0 Å². The smallest absolute Gasteiger partial charge is 0.171 e. The maximum atomic E-state index is 5.56. The van der Waals surface area contributed by atoms with Crippen LogP contribution in [-0.2, 0) is 0 Å². The molecule has 2 aromatic rings. The van der Waals surface area contributed by atoms with Gasteiger partial charge in [-0.25, -0.2) is 0 Å². The Morgan fingerprint density at radius 2 is 1.56 bits per heavy atom. The highest BCUT2D eigenvalue weighted by molar-refractivity contribution is 7.80. The lowest BCUT2D eigenvalue weighted by molar-refractivity contribution is 0.471. The highest BCUT2D eigenvalue weighted by Crippen LogP contribution is 2.26. The molecule has 0 heterocycles. The Balaban J connectivity index is 2.10. The first-order valence-corrected chi connectivity index (χ1v) is 9.43. The Kier molecular flexibility index (Phi) is 6.60. The predicted octanol–water partition coefficient (Wildman–Crippen LogP) is 6.11. The lowest BCUT2D eigenvalue weighted by Gasteiger charge is -2.26. The summed E-state index contributed by atoms with van der Waals surface area (Å²) in [6, 6.07) is 15.3. The molecule has 134 valence electrons. The van der Waals surface area contributed by atoms with Crippen molar-refractivity contribution < 1.29 is 0 Å². The molecule has 0 fully saturated rings. The normalized spacial score (nSPS) is 12.3. The summed E-state index contributed by atoms with van der Waals surface area (Å²) >= 11 is 5.56. The summed E-state index contributed by atoms with van der Waals surface area (Å²) in [5, 5.41) is 7.48. The highest BCUT2D eigenvalue weighted by atomic mass is 32.1. The van der Waals surface area contributed by atoms with Crippen molar-refractivity contribution in [1.82, 2.24) is 5.32 Å². The van der Waals surface area contributed by atoms with Crippen LogP contribution in [0.25, 0.3) is 0 Å². The lowest BCUT2D eigenvalue weighted by Crippen LogP contribution is -2.35. The van der Waals surface area contributed by atoms with E-state index in [0.29, 0.717) is 16.9 Å². The molecule has 2 rings (SSSR count). The fourth-order valence-electron chi connectivity index (χ4n) is 3.04. The average molecular weight is 355 g/mol. The summed E-state index contributed by atoms with van der Waals surface area (Å²) in [5.74, 6) is 0.971. The predicted molar refractivity (Wildman–Crippen MR) is 113 cm³/mol. The molecular formula is C22H30N2S. The molecule has 0 aromatic heterocycles. The lowest BCUT2D eigenvalue weighted by atomic mass is 9.92. The summed E-state index contributed by atoms with van der Waals surface area (Å²) in [4.78, 5) is 0. The van der Waals surface area contributed by atoms with Gasteiger partial charge in [-0.3, -0.25) is 0 Å². The third-order valence-corrected chi connectivity index (χ3v) is 4.77. The average Bonchev–Trinajstić information content (AvgIpc) is 2.53. The summed E-state index contributed by atoms with van der Waals surface area (Å²) in [5.41, 5.74) is 6.25. The third kappa shape index (κ3) is 5.30. The second-order valence-corrected chi connectivity index (χ2v) is 7.87. The molecule has 0 radical (unpaired) electrons. The van der Waals surface area contributed by atoms with Crippen molar-refractivity contribution in [2.45, 2.75) is 53.5 Å². The molecule has 0 amide bonds. The number of nitrogens with one attached hydrogen (secondary N) is 2. The van der Waals surface area contributed by atoms with Crippen molar-refractivity contribution >= 4 is 23.0 Å². The van der Waals surface area contributed by atoms with Crippen LogP contribution in [0.3, 0.4) is 0 Å². The van der Waals surface area contributed by atoms with Crippen LogP contribution in [0.15, 0.2) is 42.5 Å². The largest absolute Gasteiger partial charge is 0.355 e. The summed E-state index contributed by atoms with van der Waals surface area (Å²) < 4.78 is 0. The van der Waals surface area contributed by atoms with Crippen LogP contribution in [0.2, 0.25) is 0 Å². The molecule has 3 heteroatoms. The Bertz CT molecular complexity index is 717. The first-order valence-electron chi connectivity index (χ1n) is 9.02. The number of anilines is 1. The Hall–Kier alpha value is -1.87. The fraction of sp³-hybridized carbons (Fsp3) is 0.409. The Morgan fingerprint density at radius 1 is 0.920 bits per heavy atom. The zero-order valence-corrected chi connectivity index (χ0v) is 17.0. The molecule has 0 unspecified atom stereocenters. The number of aryl methyl sites for hydroxylation is 2. The van der Waals surface area contributed by atoms with Crippen molar-refractivity contribution in [3.8, 4) is 0 Å². The van der Waals surface area contributed by atoms with Gasteiger partial charge in [-0.1, -0.05) is 63.6 Å². The van der Waals surface area contributed by atoms with E-state index in [1.807, 2.05) is 0 Å².